The molecule has 2 saturated heterocycles. The number of H-pyrrole nitrogens is 1. The number of anilines is 1. The van der Waals surface area contributed by atoms with Crippen molar-refractivity contribution in [2.75, 3.05) is 51.4 Å². The Bertz CT molecular complexity index is 1190. The molecule has 0 spiro atoms. The predicted molar refractivity (Wildman–Crippen MR) is 134 cm³/mol. The van der Waals surface area contributed by atoms with Gasteiger partial charge in [0.15, 0.2) is 6.29 Å². The Morgan fingerprint density at radius 1 is 1.14 bits per heavy atom. The van der Waals surface area contributed by atoms with Gasteiger partial charge in [0.25, 0.3) is 0 Å². The third kappa shape index (κ3) is 6.12. The van der Waals surface area contributed by atoms with Crippen LogP contribution >= 0.6 is 0 Å². The van der Waals surface area contributed by atoms with Crippen molar-refractivity contribution in [1.29, 1.82) is 0 Å². The molecule has 0 radical (unpaired) electrons. The van der Waals surface area contributed by atoms with E-state index >= 15 is 0 Å². The molecule has 10 nitrogen and oxygen atoms in total. The minimum Gasteiger partial charge on any atom is -0.378 e. The zero-order valence-electron chi connectivity index (χ0n) is 20.8. The van der Waals surface area contributed by atoms with Gasteiger partial charge in [0.05, 0.1) is 55.8 Å². The molecule has 2 aliphatic heterocycles. The first-order chi connectivity index (χ1) is 18.1. The Morgan fingerprint density at radius 3 is 2.62 bits per heavy atom. The average molecular weight is 511 g/mol. The Morgan fingerprint density at radius 2 is 1.89 bits per heavy atom. The van der Waals surface area contributed by atoms with Gasteiger partial charge >= 0.3 is 0 Å². The minimum atomic E-state index is -0.541. The number of carbonyl (C=O) groups excluding carboxylic acids is 1. The molecule has 11 heteroatoms. The van der Waals surface area contributed by atoms with Gasteiger partial charge in [0.1, 0.15) is 11.6 Å². The maximum Gasteiger partial charge on any atom is 0.230 e. The first-order valence-electron chi connectivity index (χ1n) is 12.6. The van der Waals surface area contributed by atoms with Gasteiger partial charge in [-0.3, -0.25) is 4.79 Å². The summed E-state index contributed by atoms with van der Waals surface area (Å²) in [4.78, 5) is 31.6. The van der Waals surface area contributed by atoms with E-state index in [1.807, 2.05) is 0 Å². The quantitative estimate of drug-likeness (QED) is 0.476. The van der Waals surface area contributed by atoms with Gasteiger partial charge in [-0.25, -0.2) is 19.3 Å². The topological polar surface area (TPSA) is 114 Å². The van der Waals surface area contributed by atoms with E-state index < -0.39 is 6.29 Å². The van der Waals surface area contributed by atoms with E-state index in [0.717, 1.165) is 18.5 Å². The maximum atomic E-state index is 13.6. The summed E-state index contributed by atoms with van der Waals surface area (Å²) in [6.07, 6.45) is 2.46. The van der Waals surface area contributed by atoms with E-state index in [9.17, 15) is 9.18 Å². The lowest BCUT2D eigenvalue weighted by molar-refractivity contribution is -0.205. The number of morpholine rings is 1. The predicted octanol–water partition coefficient (Wildman–Crippen LogP) is 2.89. The normalized spacial score (nSPS) is 20.1. The highest BCUT2D eigenvalue weighted by Gasteiger charge is 2.32. The number of carbonyl (C=O) groups is 1. The maximum absolute atomic E-state index is 13.6. The van der Waals surface area contributed by atoms with Crippen LogP contribution in [-0.2, 0) is 25.4 Å². The van der Waals surface area contributed by atoms with Gasteiger partial charge in [-0.05, 0) is 36.8 Å². The van der Waals surface area contributed by atoms with Crippen LogP contribution < -0.4 is 5.32 Å². The molecule has 1 amide bonds. The van der Waals surface area contributed by atoms with Crippen molar-refractivity contribution >= 4 is 11.9 Å². The smallest absolute Gasteiger partial charge is 0.230 e. The molecule has 0 atom stereocenters. The molecular weight excluding hydrogens is 479 g/mol. The summed E-state index contributed by atoms with van der Waals surface area (Å²) < 4.78 is 30.7. The zero-order chi connectivity index (χ0) is 25.6. The summed E-state index contributed by atoms with van der Waals surface area (Å²) in [5, 5.41) is 3.20. The number of nitrogens with one attached hydrogen (secondary N) is 2. The second-order valence-electron chi connectivity index (χ2n) is 9.04. The average Bonchev–Trinajstić information content (AvgIpc) is 3.36. The number of benzene rings is 1. The fraction of sp³-hybridized carbons (Fsp3) is 0.462. The van der Waals surface area contributed by atoms with Gasteiger partial charge < -0.3 is 29.4 Å². The molecule has 2 fully saturated rings. The van der Waals surface area contributed by atoms with Gasteiger partial charge in [-0.1, -0.05) is 6.92 Å². The van der Waals surface area contributed by atoms with Crippen molar-refractivity contribution in [3.8, 4) is 22.6 Å². The van der Waals surface area contributed by atoms with Crippen LogP contribution in [-0.4, -0.2) is 83.1 Å². The van der Waals surface area contributed by atoms with Crippen molar-refractivity contribution in [3.05, 3.63) is 48.2 Å². The molecule has 3 aromatic rings. The fourth-order valence-corrected chi connectivity index (χ4v) is 4.34. The highest BCUT2D eigenvalue weighted by molar-refractivity contribution is 5.79. The van der Waals surface area contributed by atoms with E-state index in [1.165, 1.54) is 12.1 Å². The highest BCUT2D eigenvalue weighted by Crippen LogP contribution is 2.30. The van der Waals surface area contributed by atoms with E-state index in [4.69, 9.17) is 19.2 Å². The summed E-state index contributed by atoms with van der Waals surface area (Å²) in [7, 11) is 0. The van der Waals surface area contributed by atoms with Crippen LogP contribution in [0.2, 0.25) is 0 Å². The van der Waals surface area contributed by atoms with Crippen LogP contribution in [0, 0.1) is 11.7 Å². The Kier molecular flexibility index (Phi) is 8.02. The summed E-state index contributed by atoms with van der Waals surface area (Å²) in [6, 6.07) is 7.98. The summed E-state index contributed by atoms with van der Waals surface area (Å²) in [6.45, 7) is 5.71. The molecule has 2 aromatic heterocycles. The molecule has 5 rings (SSSR count). The third-order valence-corrected chi connectivity index (χ3v) is 6.31. The van der Waals surface area contributed by atoms with Crippen LogP contribution in [0.1, 0.15) is 19.2 Å². The van der Waals surface area contributed by atoms with Crippen LogP contribution in [0.15, 0.2) is 36.5 Å². The highest BCUT2D eigenvalue weighted by atomic mass is 19.1. The monoisotopic (exact) mass is 510 g/mol. The number of hydrogen-bond acceptors (Lipinski definition) is 8. The van der Waals surface area contributed by atoms with E-state index in [2.05, 4.69) is 27.2 Å². The van der Waals surface area contributed by atoms with Gasteiger partial charge in [0, 0.05) is 31.4 Å². The van der Waals surface area contributed by atoms with Crippen LogP contribution in [0.4, 0.5) is 10.3 Å². The van der Waals surface area contributed by atoms with E-state index in [0.29, 0.717) is 61.6 Å². The van der Waals surface area contributed by atoms with Gasteiger partial charge in [-0.15, -0.1) is 0 Å². The second kappa shape index (κ2) is 11.8. The third-order valence-electron chi connectivity index (χ3n) is 6.31. The number of aromatic amines is 1. The molecule has 4 heterocycles. The molecule has 0 aliphatic carbocycles. The van der Waals surface area contributed by atoms with Crippen molar-refractivity contribution < 1.29 is 23.4 Å². The standard InChI is InChI=1S/C26H31FN6O4/c1-2-8-28-26-29-9-7-20(30-26)24-23(17-3-5-19(27)6-4-17)31-21(32-24)14-22-36-15-18(16-37-22)25(34)33-10-12-35-13-11-33/h3-7,9,18,22H,2,8,10-16H2,1H3,(H,31,32)(H,28,29,30). The van der Waals surface area contributed by atoms with Gasteiger partial charge in [-0.2, -0.15) is 0 Å². The summed E-state index contributed by atoms with van der Waals surface area (Å²) >= 11 is 0. The zero-order valence-corrected chi connectivity index (χ0v) is 20.8. The van der Waals surface area contributed by atoms with Crippen molar-refractivity contribution in [2.45, 2.75) is 26.1 Å². The molecule has 0 bridgehead atoms. The van der Waals surface area contributed by atoms with Crippen LogP contribution in [0.3, 0.4) is 0 Å². The Balaban J connectivity index is 1.32. The Labute approximate surface area is 214 Å². The lowest BCUT2D eigenvalue weighted by Crippen LogP contribution is -2.48. The molecule has 2 aliphatic rings. The SMILES string of the molecule is CCCNc1nccc(-c2[nH]c(CC3OCC(C(=O)N4CCOCC4)CO3)nc2-c2ccc(F)cc2)n1. The van der Waals surface area contributed by atoms with Crippen molar-refractivity contribution in [2.24, 2.45) is 5.92 Å². The van der Waals surface area contributed by atoms with Crippen LogP contribution in [0.5, 0.6) is 0 Å². The number of ether oxygens (including phenoxy) is 3. The lowest BCUT2D eigenvalue weighted by atomic mass is 10.1. The number of hydrogen-bond donors (Lipinski definition) is 2. The number of halogens is 1. The number of imidazole rings is 1. The molecule has 0 saturated carbocycles. The summed E-state index contributed by atoms with van der Waals surface area (Å²) in [5.74, 6) is 0.553. The number of aromatic nitrogens is 4. The lowest BCUT2D eigenvalue weighted by Gasteiger charge is -2.33. The first kappa shape index (κ1) is 25.2. The fourth-order valence-electron chi connectivity index (χ4n) is 4.34. The number of rotatable bonds is 8. The molecular formula is C26H31FN6O4. The first-order valence-corrected chi connectivity index (χ1v) is 12.6. The number of nitrogens with zero attached hydrogens (tertiary/aromatic N) is 4. The van der Waals surface area contributed by atoms with E-state index in [1.54, 1.807) is 29.3 Å². The van der Waals surface area contributed by atoms with Crippen molar-refractivity contribution in [1.82, 2.24) is 24.8 Å². The molecule has 0 unspecified atom stereocenters. The molecule has 37 heavy (non-hydrogen) atoms. The second-order valence-corrected chi connectivity index (χ2v) is 9.04. The molecule has 1 aromatic carbocycles. The Hall–Kier alpha value is -3.41. The molecule has 2 N–H and O–H groups in total. The minimum absolute atomic E-state index is 0.0388. The molecule has 196 valence electrons. The van der Waals surface area contributed by atoms with E-state index in [-0.39, 0.29) is 30.9 Å². The summed E-state index contributed by atoms with van der Waals surface area (Å²) in [5.41, 5.74) is 2.75. The number of amides is 1. The van der Waals surface area contributed by atoms with Crippen molar-refractivity contribution in [3.63, 3.8) is 0 Å². The van der Waals surface area contributed by atoms with Gasteiger partial charge in [0.2, 0.25) is 11.9 Å². The van der Waals surface area contributed by atoms with Crippen LogP contribution in [0.25, 0.3) is 22.6 Å². The largest absolute Gasteiger partial charge is 0.378 e.